The van der Waals surface area contributed by atoms with Crippen LogP contribution in [0.2, 0.25) is 0 Å². The number of hydrogen-bond acceptors (Lipinski definition) is 0. The lowest BCUT2D eigenvalue weighted by Crippen LogP contribution is -2.24. The van der Waals surface area contributed by atoms with E-state index in [0.717, 1.165) is 0 Å². The van der Waals surface area contributed by atoms with Crippen LogP contribution >= 0.6 is 0 Å². The first-order valence-electron chi connectivity index (χ1n) is 4.72. The number of hydrogen-bond donors (Lipinski definition) is 0. The summed E-state index contributed by atoms with van der Waals surface area (Å²) in [6, 6.07) is 4.35. The molecule has 0 aliphatic carbocycles. The van der Waals surface area contributed by atoms with Crippen molar-refractivity contribution in [3.05, 3.63) is 59.0 Å². The van der Waals surface area contributed by atoms with E-state index < -0.39 is 0 Å². The van der Waals surface area contributed by atoms with Gasteiger partial charge in [-0.05, 0) is 35.4 Å². The van der Waals surface area contributed by atoms with Gasteiger partial charge in [0, 0.05) is 0 Å². The highest BCUT2D eigenvalue weighted by atomic mass is 14.0. The monoisotopic (exact) mass is 184 g/mol. The fourth-order valence-electron chi connectivity index (χ4n) is 1.40. The van der Waals surface area contributed by atoms with E-state index in [1.165, 1.54) is 21.6 Å². The van der Waals surface area contributed by atoms with Gasteiger partial charge in [0.25, 0.3) is 0 Å². The first kappa shape index (κ1) is 10.5. The van der Waals surface area contributed by atoms with Crippen LogP contribution < -0.4 is 10.4 Å². The molecule has 0 fully saturated rings. The average Bonchev–Trinajstić information content (AvgIpc) is 2.14. The van der Waals surface area contributed by atoms with Gasteiger partial charge < -0.3 is 0 Å². The van der Waals surface area contributed by atoms with Crippen LogP contribution in [0.15, 0.2) is 37.4 Å². The van der Waals surface area contributed by atoms with Crippen molar-refractivity contribution in [3.63, 3.8) is 0 Å². The normalized spacial score (nSPS) is 13.0. The summed E-state index contributed by atoms with van der Waals surface area (Å²) in [5, 5.41) is 2.39. The fourth-order valence-corrected chi connectivity index (χ4v) is 1.40. The highest BCUT2D eigenvalue weighted by Gasteiger charge is 1.91. The third-order valence-electron chi connectivity index (χ3n) is 2.29. The lowest BCUT2D eigenvalue weighted by molar-refractivity contribution is 1.30. The van der Waals surface area contributed by atoms with Crippen LogP contribution in [0, 0.1) is 13.8 Å². The van der Waals surface area contributed by atoms with Crippen LogP contribution in [0.3, 0.4) is 0 Å². The molecule has 0 heteroatoms. The lowest BCUT2D eigenvalue weighted by atomic mass is 10.1. The van der Waals surface area contributed by atoms with Crippen molar-refractivity contribution in [2.75, 3.05) is 0 Å². The van der Waals surface area contributed by atoms with Crippen molar-refractivity contribution in [1.82, 2.24) is 0 Å². The summed E-state index contributed by atoms with van der Waals surface area (Å²) in [5.74, 6) is 0. The molecule has 0 amide bonds. The molecule has 0 atom stereocenters. The van der Waals surface area contributed by atoms with E-state index >= 15 is 0 Å². The summed E-state index contributed by atoms with van der Waals surface area (Å²) in [5.41, 5.74) is 2.61. The molecule has 0 bridgehead atoms. The Morgan fingerprint density at radius 1 is 0.857 bits per heavy atom. The van der Waals surface area contributed by atoms with Gasteiger partial charge in [-0.2, -0.15) is 0 Å². The Labute approximate surface area is 85.6 Å². The quantitative estimate of drug-likeness (QED) is 0.661. The van der Waals surface area contributed by atoms with Crippen molar-refractivity contribution in [2.45, 2.75) is 13.8 Å². The molecule has 0 saturated carbocycles. The molecule has 0 heterocycles. The molecular formula is C14H16. The zero-order valence-corrected chi connectivity index (χ0v) is 8.88. The summed E-state index contributed by atoms with van der Waals surface area (Å²) in [6.07, 6.45) is 7.65. The van der Waals surface area contributed by atoms with Crippen molar-refractivity contribution in [1.29, 1.82) is 0 Å². The van der Waals surface area contributed by atoms with Gasteiger partial charge >= 0.3 is 0 Å². The second-order valence-electron chi connectivity index (χ2n) is 3.37. The molecular weight excluding hydrogens is 168 g/mol. The molecule has 1 rings (SSSR count). The molecule has 0 saturated heterocycles. The summed E-state index contributed by atoms with van der Waals surface area (Å²) in [4.78, 5) is 0. The summed E-state index contributed by atoms with van der Waals surface area (Å²) < 4.78 is 0. The summed E-state index contributed by atoms with van der Waals surface area (Å²) in [6.45, 7) is 11.7. The molecule has 0 radical (unpaired) electrons. The van der Waals surface area contributed by atoms with Crippen molar-refractivity contribution < 1.29 is 0 Å². The Balaban J connectivity index is 3.64. The van der Waals surface area contributed by atoms with E-state index in [0.29, 0.717) is 0 Å². The molecule has 0 aromatic heterocycles. The van der Waals surface area contributed by atoms with Crippen molar-refractivity contribution in [3.8, 4) is 0 Å². The fraction of sp³-hybridized carbons (Fsp3) is 0.143. The number of aryl methyl sites for hydroxylation is 2. The third kappa shape index (κ3) is 2.23. The number of rotatable bonds is 2. The Hall–Kier alpha value is -1.56. The van der Waals surface area contributed by atoms with E-state index in [1.807, 2.05) is 24.3 Å². The first-order chi connectivity index (χ1) is 6.69. The molecule has 0 nitrogen and oxygen atoms in total. The van der Waals surface area contributed by atoms with E-state index in [2.05, 4.69) is 39.1 Å². The minimum Gasteiger partial charge on any atom is -0.0990 e. The highest BCUT2D eigenvalue weighted by molar-refractivity contribution is 5.45. The van der Waals surface area contributed by atoms with Gasteiger partial charge in [0.2, 0.25) is 0 Å². The SMILES string of the molecule is C=C/C=c1/cc(C)c(C)c/c1=C/C=C. The Morgan fingerprint density at radius 3 is 1.50 bits per heavy atom. The topological polar surface area (TPSA) is 0 Å². The van der Waals surface area contributed by atoms with E-state index in [4.69, 9.17) is 0 Å². The predicted octanol–water partition coefficient (Wildman–Crippen LogP) is 2.24. The van der Waals surface area contributed by atoms with Gasteiger partial charge in [0.1, 0.15) is 0 Å². The summed E-state index contributed by atoms with van der Waals surface area (Å²) in [7, 11) is 0. The van der Waals surface area contributed by atoms with Gasteiger partial charge in [-0.3, -0.25) is 0 Å². The molecule has 0 N–H and O–H groups in total. The van der Waals surface area contributed by atoms with Gasteiger partial charge in [0.15, 0.2) is 0 Å². The maximum atomic E-state index is 3.71. The molecule has 1 aromatic rings. The Morgan fingerprint density at radius 2 is 1.21 bits per heavy atom. The van der Waals surface area contributed by atoms with E-state index in [-0.39, 0.29) is 0 Å². The molecule has 0 aliphatic heterocycles. The molecule has 0 spiro atoms. The first-order valence-corrected chi connectivity index (χ1v) is 4.72. The molecule has 1 aromatic carbocycles. The minimum atomic E-state index is 1.20. The number of benzene rings is 1. The van der Waals surface area contributed by atoms with Gasteiger partial charge in [0.05, 0.1) is 0 Å². The van der Waals surface area contributed by atoms with Crippen LogP contribution in [0.1, 0.15) is 11.1 Å². The highest BCUT2D eigenvalue weighted by Crippen LogP contribution is 1.98. The van der Waals surface area contributed by atoms with Gasteiger partial charge in [-0.15, -0.1) is 0 Å². The Bertz CT molecular complexity index is 417. The van der Waals surface area contributed by atoms with E-state index in [9.17, 15) is 0 Å². The minimum absolute atomic E-state index is 1.20. The molecule has 0 aliphatic rings. The van der Waals surface area contributed by atoms with Crippen molar-refractivity contribution >= 4 is 12.2 Å². The summed E-state index contributed by atoms with van der Waals surface area (Å²) >= 11 is 0. The zero-order chi connectivity index (χ0) is 10.6. The van der Waals surface area contributed by atoms with Crippen molar-refractivity contribution in [2.24, 2.45) is 0 Å². The van der Waals surface area contributed by atoms with Crippen LogP contribution in [0.25, 0.3) is 12.2 Å². The molecule has 72 valence electrons. The van der Waals surface area contributed by atoms with E-state index in [1.54, 1.807) is 0 Å². The van der Waals surface area contributed by atoms with Crippen LogP contribution in [0.4, 0.5) is 0 Å². The second kappa shape index (κ2) is 4.61. The number of allylic oxidation sites excluding steroid dienone is 2. The third-order valence-corrected chi connectivity index (χ3v) is 2.29. The maximum absolute atomic E-state index is 3.71. The maximum Gasteiger partial charge on any atom is -0.0181 e. The zero-order valence-electron chi connectivity index (χ0n) is 8.88. The molecule has 14 heavy (non-hydrogen) atoms. The second-order valence-corrected chi connectivity index (χ2v) is 3.37. The van der Waals surface area contributed by atoms with Gasteiger partial charge in [-0.25, -0.2) is 0 Å². The molecule has 0 unspecified atom stereocenters. The predicted molar refractivity (Wildman–Crippen MR) is 64.5 cm³/mol. The van der Waals surface area contributed by atoms with Crippen LogP contribution in [-0.2, 0) is 0 Å². The van der Waals surface area contributed by atoms with Crippen LogP contribution in [0.5, 0.6) is 0 Å². The van der Waals surface area contributed by atoms with Gasteiger partial charge in [-0.1, -0.05) is 49.6 Å². The average molecular weight is 184 g/mol. The standard InChI is InChI=1S/C14H16/c1-5-7-13-9-11(3)12(4)10-14(13)8-6-2/h5-10H,1-2H2,3-4H3/b13-7-,14-8-. The Kier molecular flexibility index (Phi) is 3.47. The largest absolute Gasteiger partial charge is 0.0990 e. The van der Waals surface area contributed by atoms with Crippen LogP contribution in [-0.4, -0.2) is 0 Å². The lowest BCUT2D eigenvalue weighted by Gasteiger charge is -1.99. The smallest absolute Gasteiger partial charge is 0.0181 e.